The van der Waals surface area contributed by atoms with Crippen LogP contribution in [0.5, 0.6) is 0 Å². The van der Waals surface area contributed by atoms with Gasteiger partial charge >= 0.3 is 5.97 Å². The van der Waals surface area contributed by atoms with E-state index in [0.29, 0.717) is 11.5 Å². The van der Waals surface area contributed by atoms with Crippen LogP contribution in [-0.4, -0.2) is 54.9 Å². The molecule has 0 saturated heterocycles. The number of hydrogen-bond donors (Lipinski definition) is 4. The third kappa shape index (κ3) is 4.29. The second-order valence-corrected chi connectivity index (χ2v) is 7.40. The molecule has 9 nitrogen and oxygen atoms in total. The largest absolute Gasteiger partial charge is 0.511 e. The number of aliphatic hydroxyl groups excluding tert-OH is 1. The minimum absolute atomic E-state index is 0.0637. The Balaban J connectivity index is 1.83. The van der Waals surface area contributed by atoms with Gasteiger partial charge in [-0.1, -0.05) is 30.3 Å². The lowest BCUT2D eigenvalue weighted by atomic mass is 9.89. The van der Waals surface area contributed by atoms with Gasteiger partial charge in [0.25, 0.3) is 11.8 Å². The van der Waals surface area contributed by atoms with Crippen molar-refractivity contribution < 1.29 is 24.6 Å². The Morgan fingerprint density at radius 3 is 2.62 bits per heavy atom. The lowest BCUT2D eigenvalue weighted by molar-refractivity contribution is -0.140. The highest BCUT2D eigenvalue weighted by atomic mass is 16.4. The SMILES string of the molecule is CC1(C)CC(O)=C(C(=O)NCC(=O)O)C(=O)N1Cc1cnc(-c2ccccc2)[nH]1. The number of hydrogen-bond acceptors (Lipinski definition) is 5. The van der Waals surface area contributed by atoms with Gasteiger partial charge in [-0.15, -0.1) is 0 Å². The van der Waals surface area contributed by atoms with E-state index in [1.807, 2.05) is 30.3 Å². The van der Waals surface area contributed by atoms with E-state index >= 15 is 0 Å². The summed E-state index contributed by atoms with van der Waals surface area (Å²) in [5.41, 5.74) is 0.370. The fraction of sp³-hybridized carbons (Fsp3) is 0.300. The van der Waals surface area contributed by atoms with Crippen LogP contribution in [0, 0.1) is 0 Å². The van der Waals surface area contributed by atoms with E-state index in [-0.39, 0.29) is 18.7 Å². The Bertz CT molecular complexity index is 978. The van der Waals surface area contributed by atoms with Crippen LogP contribution in [0.4, 0.5) is 0 Å². The predicted octanol–water partition coefficient (Wildman–Crippen LogP) is 1.60. The summed E-state index contributed by atoms with van der Waals surface area (Å²) < 4.78 is 0. The summed E-state index contributed by atoms with van der Waals surface area (Å²) in [6.07, 6.45) is 1.68. The number of carbonyl (C=O) groups excluding carboxylic acids is 2. The van der Waals surface area contributed by atoms with Crippen molar-refractivity contribution in [3.63, 3.8) is 0 Å². The maximum Gasteiger partial charge on any atom is 0.322 e. The smallest absolute Gasteiger partial charge is 0.322 e. The molecule has 0 saturated carbocycles. The van der Waals surface area contributed by atoms with Crippen LogP contribution in [-0.2, 0) is 20.9 Å². The topological polar surface area (TPSA) is 136 Å². The molecule has 0 unspecified atom stereocenters. The average Bonchev–Trinajstić information content (AvgIpc) is 3.12. The number of nitrogens with zero attached hydrogens (tertiary/aromatic N) is 2. The lowest BCUT2D eigenvalue weighted by Gasteiger charge is -2.42. The fourth-order valence-electron chi connectivity index (χ4n) is 3.24. The van der Waals surface area contributed by atoms with E-state index in [1.54, 1.807) is 20.0 Å². The zero-order chi connectivity index (χ0) is 21.2. The summed E-state index contributed by atoms with van der Waals surface area (Å²) in [5.74, 6) is -2.53. The molecule has 1 aliphatic rings. The summed E-state index contributed by atoms with van der Waals surface area (Å²) >= 11 is 0. The molecule has 0 fully saturated rings. The molecule has 0 radical (unpaired) electrons. The third-order valence-electron chi connectivity index (χ3n) is 4.71. The number of carboxylic acids is 1. The number of benzene rings is 1. The van der Waals surface area contributed by atoms with Crippen molar-refractivity contribution in [3.05, 3.63) is 53.6 Å². The summed E-state index contributed by atoms with van der Waals surface area (Å²) in [5, 5.41) is 21.1. The summed E-state index contributed by atoms with van der Waals surface area (Å²) in [6.45, 7) is 3.06. The normalized spacial score (nSPS) is 16.1. The number of carboxylic acid groups (broad SMARTS) is 1. The molecule has 0 atom stereocenters. The van der Waals surface area contributed by atoms with Gasteiger partial charge in [0.15, 0.2) is 0 Å². The Hall–Kier alpha value is -3.62. The molecule has 0 bridgehead atoms. The van der Waals surface area contributed by atoms with Crippen molar-refractivity contribution in [2.45, 2.75) is 32.4 Å². The minimum atomic E-state index is -1.25. The highest BCUT2D eigenvalue weighted by molar-refractivity contribution is 6.19. The second kappa shape index (κ2) is 7.78. The Morgan fingerprint density at radius 1 is 1.28 bits per heavy atom. The number of amides is 2. The van der Waals surface area contributed by atoms with Crippen LogP contribution in [0.15, 0.2) is 47.9 Å². The van der Waals surface area contributed by atoms with Gasteiger partial charge in [-0.2, -0.15) is 0 Å². The molecule has 1 aromatic heterocycles. The number of rotatable bonds is 6. The molecule has 3 rings (SSSR count). The zero-order valence-corrected chi connectivity index (χ0v) is 16.1. The summed E-state index contributed by atoms with van der Waals surface area (Å²) in [4.78, 5) is 44.9. The van der Waals surface area contributed by atoms with Crippen molar-refractivity contribution in [1.82, 2.24) is 20.2 Å². The molecule has 1 aromatic carbocycles. The van der Waals surface area contributed by atoms with Gasteiger partial charge < -0.3 is 25.4 Å². The number of H-pyrrole nitrogens is 1. The minimum Gasteiger partial charge on any atom is -0.511 e. The van der Waals surface area contributed by atoms with E-state index in [1.165, 1.54) is 4.90 Å². The quantitative estimate of drug-likeness (QED) is 0.546. The molecular formula is C20H22N4O5. The number of imidazole rings is 1. The van der Waals surface area contributed by atoms with Crippen molar-refractivity contribution >= 4 is 17.8 Å². The lowest BCUT2D eigenvalue weighted by Crippen LogP contribution is -2.53. The van der Waals surface area contributed by atoms with E-state index < -0.39 is 35.4 Å². The first-order valence-electron chi connectivity index (χ1n) is 9.02. The highest BCUT2D eigenvalue weighted by Gasteiger charge is 2.42. The number of aromatic amines is 1. The molecule has 4 N–H and O–H groups in total. The second-order valence-electron chi connectivity index (χ2n) is 7.40. The van der Waals surface area contributed by atoms with Crippen molar-refractivity contribution in [2.75, 3.05) is 6.54 Å². The molecule has 29 heavy (non-hydrogen) atoms. The number of aliphatic carboxylic acids is 1. The van der Waals surface area contributed by atoms with Crippen LogP contribution < -0.4 is 5.32 Å². The van der Waals surface area contributed by atoms with Crippen molar-refractivity contribution in [1.29, 1.82) is 0 Å². The Morgan fingerprint density at radius 2 is 1.97 bits per heavy atom. The summed E-state index contributed by atoms with van der Waals surface area (Å²) in [7, 11) is 0. The van der Waals surface area contributed by atoms with Gasteiger partial charge in [0, 0.05) is 17.5 Å². The number of aliphatic hydroxyl groups is 1. The van der Waals surface area contributed by atoms with Gasteiger partial charge in [-0.05, 0) is 13.8 Å². The van der Waals surface area contributed by atoms with Crippen LogP contribution in [0.25, 0.3) is 11.4 Å². The summed E-state index contributed by atoms with van der Waals surface area (Å²) in [6, 6.07) is 9.50. The molecule has 0 aliphatic carbocycles. The van der Waals surface area contributed by atoms with Crippen LogP contribution in [0.1, 0.15) is 26.0 Å². The Kier molecular flexibility index (Phi) is 5.40. The first kappa shape index (κ1) is 20.1. The Labute approximate surface area is 167 Å². The molecule has 0 spiro atoms. The molecule has 2 aromatic rings. The standard InChI is InChI=1S/C20H22N4O5/c1-20(2)8-14(25)16(18(28)22-10-15(26)27)19(29)24(20)11-13-9-21-17(23-13)12-6-4-3-5-7-12/h3-7,9,25H,8,10-11H2,1-2H3,(H,21,23)(H,22,28)(H,26,27). The van der Waals surface area contributed by atoms with Crippen molar-refractivity contribution in [3.8, 4) is 11.4 Å². The third-order valence-corrected chi connectivity index (χ3v) is 4.71. The van der Waals surface area contributed by atoms with E-state index in [9.17, 15) is 19.5 Å². The zero-order valence-electron chi connectivity index (χ0n) is 16.1. The van der Waals surface area contributed by atoms with Gasteiger partial charge in [-0.3, -0.25) is 14.4 Å². The molecule has 152 valence electrons. The first-order valence-corrected chi connectivity index (χ1v) is 9.02. The fourth-order valence-corrected chi connectivity index (χ4v) is 3.24. The monoisotopic (exact) mass is 398 g/mol. The first-order chi connectivity index (χ1) is 13.7. The number of nitrogens with one attached hydrogen (secondary N) is 2. The molecule has 9 heteroatoms. The molecular weight excluding hydrogens is 376 g/mol. The van der Waals surface area contributed by atoms with E-state index in [0.717, 1.165) is 5.56 Å². The average molecular weight is 398 g/mol. The van der Waals surface area contributed by atoms with Crippen molar-refractivity contribution in [2.24, 2.45) is 0 Å². The van der Waals surface area contributed by atoms with Gasteiger partial charge in [0.2, 0.25) is 0 Å². The van der Waals surface area contributed by atoms with Gasteiger partial charge in [-0.25, -0.2) is 4.98 Å². The van der Waals surface area contributed by atoms with E-state index in [4.69, 9.17) is 5.11 Å². The maximum atomic E-state index is 13.0. The molecule has 2 amide bonds. The van der Waals surface area contributed by atoms with Crippen LogP contribution in [0.2, 0.25) is 0 Å². The maximum absolute atomic E-state index is 13.0. The predicted molar refractivity (Wildman–Crippen MR) is 104 cm³/mol. The van der Waals surface area contributed by atoms with E-state index in [2.05, 4.69) is 15.3 Å². The molecule has 1 aliphatic heterocycles. The van der Waals surface area contributed by atoms with Crippen LogP contribution in [0.3, 0.4) is 0 Å². The highest BCUT2D eigenvalue weighted by Crippen LogP contribution is 2.32. The number of carbonyl (C=O) groups is 3. The van der Waals surface area contributed by atoms with Gasteiger partial charge in [0.1, 0.15) is 23.7 Å². The molecule has 2 heterocycles. The number of aromatic nitrogens is 2. The van der Waals surface area contributed by atoms with Crippen LogP contribution >= 0.6 is 0 Å². The van der Waals surface area contributed by atoms with Gasteiger partial charge in [0.05, 0.1) is 18.4 Å².